The normalized spacial score (nSPS) is 13.5. The van der Waals surface area contributed by atoms with Gasteiger partial charge in [0.1, 0.15) is 12.4 Å². The van der Waals surface area contributed by atoms with Crippen LogP contribution in [0.3, 0.4) is 0 Å². The van der Waals surface area contributed by atoms with Crippen LogP contribution in [0.25, 0.3) is 0 Å². The van der Waals surface area contributed by atoms with Gasteiger partial charge in [-0.2, -0.15) is 0 Å². The highest BCUT2D eigenvalue weighted by Crippen LogP contribution is 2.41. The van der Waals surface area contributed by atoms with E-state index in [1.165, 1.54) is 0 Å². The number of methoxy groups -OCH3 is 1. The largest absolute Gasteiger partial charge is 0.491 e. The van der Waals surface area contributed by atoms with Gasteiger partial charge in [0.15, 0.2) is 0 Å². The molecule has 0 saturated heterocycles. The highest BCUT2D eigenvalue weighted by Gasteiger charge is 2.21. The zero-order valence-corrected chi connectivity index (χ0v) is 15.4. The molecule has 1 N–H and O–H groups in total. The van der Waals surface area contributed by atoms with Crippen LogP contribution in [0.5, 0.6) is 5.75 Å². The lowest BCUT2D eigenvalue weighted by atomic mass is 10.3. The summed E-state index contributed by atoms with van der Waals surface area (Å²) >= 11 is 1.56. The number of rotatable bonds is 9. The predicted octanol–water partition coefficient (Wildman–Crippen LogP) is 3.71. The molecule has 1 atom stereocenters. The molecule has 0 spiro atoms. The van der Waals surface area contributed by atoms with Gasteiger partial charge in [-0.15, -0.1) is 0 Å². The summed E-state index contributed by atoms with van der Waals surface area (Å²) in [7, 11) is -2.07. The van der Waals surface area contributed by atoms with Crippen molar-refractivity contribution in [3.05, 3.63) is 48.5 Å². The van der Waals surface area contributed by atoms with Crippen LogP contribution in [-0.2, 0) is 13.8 Å². The van der Waals surface area contributed by atoms with Crippen molar-refractivity contribution >= 4 is 24.7 Å². The fraction of sp³-hybridized carbons (Fsp3) is 0.294. The minimum Gasteiger partial charge on any atom is -0.491 e. The average Bonchev–Trinajstić information content (AvgIpc) is 2.57. The molecule has 2 aromatic rings. The van der Waals surface area contributed by atoms with E-state index in [1.54, 1.807) is 37.9 Å². The smallest absolute Gasteiger partial charge is 0.358 e. The van der Waals surface area contributed by atoms with Crippen LogP contribution in [0.1, 0.15) is 6.92 Å². The van der Waals surface area contributed by atoms with Gasteiger partial charge in [0.25, 0.3) is 0 Å². The van der Waals surface area contributed by atoms with Gasteiger partial charge in [-0.25, -0.2) is 0 Å². The predicted molar refractivity (Wildman–Crippen MR) is 95.5 cm³/mol. The Hall–Kier alpha value is -1.30. The number of hydrogen-bond acceptors (Lipinski definition) is 5. The first-order valence-corrected chi connectivity index (χ1v) is 9.92. The van der Waals surface area contributed by atoms with Crippen LogP contribution in [0.4, 0.5) is 0 Å². The molecule has 0 aromatic heterocycles. The quantitative estimate of drug-likeness (QED) is 0.538. The Balaban J connectivity index is 1.97. The van der Waals surface area contributed by atoms with Crippen molar-refractivity contribution in [3.63, 3.8) is 0 Å². The number of hydrogen-bond donors (Lipinski definition) is 1. The van der Waals surface area contributed by atoms with E-state index in [9.17, 15) is 9.46 Å². The third-order valence-electron chi connectivity index (χ3n) is 3.08. The first-order valence-electron chi connectivity index (χ1n) is 7.53. The van der Waals surface area contributed by atoms with Crippen molar-refractivity contribution in [2.75, 3.05) is 26.9 Å². The molecular formula is C17H21O5PS. The van der Waals surface area contributed by atoms with Gasteiger partial charge in [-0.1, -0.05) is 11.8 Å². The molecule has 2 aromatic carbocycles. The lowest BCUT2D eigenvalue weighted by molar-refractivity contribution is 0.146. The summed E-state index contributed by atoms with van der Waals surface area (Å²) < 4.78 is 27.3. The Bertz CT molecular complexity index is 672. The topological polar surface area (TPSA) is 65.0 Å². The van der Waals surface area contributed by atoms with Gasteiger partial charge in [0, 0.05) is 16.9 Å². The highest BCUT2D eigenvalue weighted by molar-refractivity contribution is 7.99. The average molecular weight is 368 g/mol. The molecule has 24 heavy (non-hydrogen) atoms. The van der Waals surface area contributed by atoms with Crippen LogP contribution in [0.15, 0.2) is 58.3 Å². The van der Waals surface area contributed by atoms with Crippen LogP contribution in [0.2, 0.25) is 0 Å². The third kappa shape index (κ3) is 5.65. The van der Waals surface area contributed by atoms with Gasteiger partial charge in [0.05, 0.1) is 18.5 Å². The Labute approximate surface area is 146 Å². The monoisotopic (exact) mass is 368 g/mol. The van der Waals surface area contributed by atoms with Gasteiger partial charge in [0.2, 0.25) is 0 Å². The highest BCUT2D eigenvalue weighted by atomic mass is 32.2. The van der Waals surface area contributed by atoms with E-state index in [0.29, 0.717) is 18.5 Å². The van der Waals surface area contributed by atoms with Gasteiger partial charge < -0.3 is 18.9 Å². The van der Waals surface area contributed by atoms with Gasteiger partial charge >= 0.3 is 7.60 Å². The van der Waals surface area contributed by atoms with Crippen molar-refractivity contribution in [2.24, 2.45) is 0 Å². The molecule has 5 nitrogen and oxygen atoms in total. The molecule has 0 aliphatic rings. The zero-order valence-electron chi connectivity index (χ0n) is 13.7. The van der Waals surface area contributed by atoms with E-state index in [-0.39, 0.29) is 6.61 Å². The molecule has 0 fully saturated rings. The summed E-state index contributed by atoms with van der Waals surface area (Å²) in [6, 6.07) is 14.6. The fourth-order valence-corrected chi connectivity index (χ4v) is 3.78. The van der Waals surface area contributed by atoms with Crippen molar-refractivity contribution in [3.8, 4) is 5.75 Å². The molecule has 2 rings (SSSR count). The first-order chi connectivity index (χ1) is 11.5. The Morgan fingerprint density at radius 1 is 1.00 bits per heavy atom. The standard InChI is InChI=1S/C17H21O5PS/c1-3-22-23(18,19)15-6-10-17(11-7-15)24-16-8-4-14(5-9-16)21-13-12-20-2/h4-11H,3,12-13H2,1-2H3,(H,18,19). The molecule has 1 unspecified atom stereocenters. The summed E-state index contributed by atoms with van der Waals surface area (Å²) in [5, 5.41) is 0.301. The first kappa shape index (κ1) is 19.0. The van der Waals surface area contributed by atoms with E-state index in [2.05, 4.69) is 0 Å². The molecule has 0 aliphatic carbocycles. The third-order valence-corrected chi connectivity index (χ3v) is 5.66. The Morgan fingerprint density at radius 2 is 1.58 bits per heavy atom. The van der Waals surface area contributed by atoms with E-state index in [0.717, 1.165) is 15.5 Å². The van der Waals surface area contributed by atoms with E-state index < -0.39 is 7.60 Å². The van der Waals surface area contributed by atoms with E-state index >= 15 is 0 Å². The minimum atomic E-state index is -3.70. The van der Waals surface area contributed by atoms with Crippen molar-refractivity contribution in [1.82, 2.24) is 0 Å². The zero-order chi connectivity index (χ0) is 17.4. The van der Waals surface area contributed by atoms with Crippen molar-refractivity contribution < 1.29 is 23.5 Å². The Morgan fingerprint density at radius 3 is 2.12 bits per heavy atom. The molecule has 0 heterocycles. The summed E-state index contributed by atoms with van der Waals surface area (Å²) in [4.78, 5) is 11.8. The molecule has 130 valence electrons. The lowest BCUT2D eigenvalue weighted by Gasteiger charge is -2.11. The summed E-state index contributed by atoms with van der Waals surface area (Å²) in [5.41, 5.74) is 0. The van der Waals surface area contributed by atoms with Crippen LogP contribution in [0, 0.1) is 0 Å². The second-order valence-electron chi connectivity index (χ2n) is 4.85. The fourth-order valence-electron chi connectivity index (χ4n) is 1.93. The van der Waals surface area contributed by atoms with Crippen molar-refractivity contribution in [2.45, 2.75) is 16.7 Å². The van der Waals surface area contributed by atoms with E-state index in [4.69, 9.17) is 14.0 Å². The molecule has 0 amide bonds. The van der Waals surface area contributed by atoms with Crippen LogP contribution >= 0.6 is 19.4 Å². The SMILES string of the molecule is CCOP(=O)(O)c1ccc(Sc2ccc(OCCOC)cc2)cc1. The second-order valence-corrected chi connectivity index (χ2v) is 7.81. The minimum absolute atomic E-state index is 0.197. The molecular weight excluding hydrogens is 347 g/mol. The lowest BCUT2D eigenvalue weighted by Crippen LogP contribution is -2.06. The molecule has 0 aliphatic heterocycles. The molecule has 0 bridgehead atoms. The van der Waals surface area contributed by atoms with Crippen LogP contribution in [-0.4, -0.2) is 31.8 Å². The van der Waals surface area contributed by atoms with Crippen LogP contribution < -0.4 is 10.0 Å². The van der Waals surface area contributed by atoms with Gasteiger partial charge in [-0.05, 0) is 55.5 Å². The maximum Gasteiger partial charge on any atom is 0.358 e. The summed E-state index contributed by atoms with van der Waals surface area (Å²) in [6.45, 7) is 2.96. The van der Waals surface area contributed by atoms with Crippen molar-refractivity contribution in [1.29, 1.82) is 0 Å². The number of ether oxygens (including phenoxy) is 2. The maximum atomic E-state index is 11.9. The summed E-state index contributed by atoms with van der Waals surface area (Å²) in [6.07, 6.45) is 0. The molecule has 0 saturated carbocycles. The number of benzene rings is 2. The Kier molecular flexibility index (Phi) is 7.34. The van der Waals surface area contributed by atoms with E-state index in [1.807, 2.05) is 36.4 Å². The molecule has 7 heteroatoms. The summed E-state index contributed by atoms with van der Waals surface area (Å²) in [5.74, 6) is 0.796. The maximum absolute atomic E-state index is 11.9. The molecule has 0 radical (unpaired) electrons. The second kappa shape index (κ2) is 9.25. The van der Waals surface area contributed by atoms with Gasteiger partial charge in [-0.3, -0.25) is 4.57 Å².